The number of esters is 2. The largest absolute Gasteiger partial charge is 0.545 e. The highest BCUT2D eigenvalue weighted by molar-refractivity contribution is 5.70. The Bertz CT molecular complexity index is 861. The molecule has 0 aliphatic heterocycles. The summed E-state index contributed by atoms with van der Waals surface area (Å²) in [5, 5.41) is 11.7. The fraction of sp³-hybridized carbons (Fsp3) is 0.933. The number of hydrogen-bond donors (Lipinski definition) is 0. The number of aliphatic carboxylic acids is 1. The lowest BCUT2D eigenvalue weighted by Crippen LogP contribution is -2.44. The fourth-order valence-corrected chi connectivity index (χ4v) is 6.54. The molecule has 0 heterocycles. The molecular formula is C45H87NO8. The zero-order valence-corrected chi connectivity index (χ0v) is 36.1. The second-order valence-corrected chi connectivity index (χ2v) is 16.7. The molecule has 0 amide bonds. The van der Waals surface area contributed by atoms with Crippen LogP contribution in [0, 0.1) is 0 Å². The van der Waals surface area contributed by atoms with E-state index in [4.69, 9.17) is 18.9 Å². The molecule has 9 heteroatoms. The van der Waals surface area contributed by atoms with Crippen molar-refractivity contribution in [3.05, 3.63) is 0 Å². The van der Waals surface area contributed by atoms with Gasteiger partial charge in [-0.1, -0.05) is 187 Å². The number of hydrogen-bond acceptors (Lipinski definition) is 8. The minimum Gasteiger partial charge on any atom is -0.545 e. The molecule has 2 atom stereocenters. The smallest absolute Gasteiger partial charge is 0.306 e. The maximum absolute atomic E-state index is 12.7. The SMILES string of the molecule is CCCCCCCCCCCCCCCCCC(=O)OC(COC(=O)CCCCCCCCCCCCCCCC)COC(OCC[N+](C)(C)C)C(=O)[O-]. The van der Waals surface area contributed by atoms with E-state index >= 15 is 0 Å². The lowest BCUT2D eigenvalue weighted by molar-refractivity contribution is -0.870. The average Bonchev–Trinajstić information content (AvgIpc) is 3.12. The molecule has 54 heavy (non-hydrogen) atoms. The number of unbranched alkanes of at least 4 members (excludes halogenated alkanes) is 27. The van der Waals surface area contributed by atoms with Gasteiger partial charge in [-0.15, -0.1) is 0 Å². The van der Waals surface area contributed by atoms with Crippen molar-refractivity contribution >= 4 is 17.9 Å². The molecule has 0 aromatic heterocycles. The van der Waals surface area contributed by atoms with Gasteiger partial charge in [0.05, 0.1) is 40.3 Å². The van der Waals surface area contributed by atoms with Gasteiger partial charge < -0.3 is 33.3 Å². The molecule has 0 saturated heterocycles. The lowest BCUT2D eigenvalue weighted by Gasteiger charge is -2.26. The number of carboxylic acids is 1. The number of nitrogens with zero attached hydrogens (tertiary/aromatic N) is 1. The maximum Gasteiger partial charge on any atom is 0.306 e. The van der Waals surface area contributed by atoms with Crippen LogP contribution in [-0.4, -0.2) is 82.3 Å². The lowest BCUT2D eigenvalue weighted by atomic mass is 10.0. The number of carbonyl (C=O) groups excluding carboxylic acids is 3. The van der Waals surface area contributed by atoms with Crippen molar-refractivity contribution in [3.8, 4) is 0 Å². The topological polar surface area (TPSA) is 111 Å². The molecule has 0 radical (unpaired) electrons. The van der Waals surface area contributed by atoms with Gasteiger partial charge in [-0.3, -0.25) is 9.59 Å². The van der Waals surface area contributed by atoms with E-state index in [9.17, 15) is 19.5 Å². The van der Waals surface area contributed by atoms with Crippen LogP contribution in [0.1, 0.15) is 213 Å². The zero-order valence-electron chi connectivity index (χ0n) is 36.1. The van der Waals surface area contributed by atoms with Crippen molar-refractivity contribution < 1.29 is 42.9 Å². The minimum atomic E-state index is -1.61. The summed E-state index contributed by atoms with van der Waals surface area (Å²) >= 11 is 0. The van der Waals surface area contributed by atoms with Crippen molar-refractivity contribution in [2.24, 2.45) is 0 Å². The first-order valence-electron chi connectivity index (χ1n) is 22.7. The van der Waals surface area contributed by atoms with E-state index in [2.05, 4.69) is 13.8 Å². The van der Waals surface area contributed by atoms with E-state index in [1.54, 1.807) is 0 Å². The first-order chi connectivity index (χ1) is 26.1. The Morgan fingerprint density at radius 1 is 0.481 bits per heavy atom. The predicted molar refractivity (Wildman–Crippen MR) is 219 cm³/mol. The van der Waals surface area contributed by atoms with Crippen LogP contribution in [0.2, 0.25) is 0 Å². The predicted octanol–water partition coefficient (Wildman–Crippen LogP) is 10.4. The van der Waals surface area contributed by atoms with Crippen LogP contribution in [0.25, 0.3) is 0 Å². The van der Waals surface area contributed by atoms with E-state index in [0.717, 1.165) is 38.5 Å². The highest BCUT2D eigenvalue weighted by Gasteiger charge is 2.21. The molecule has 320 valence electrons. The first kappa shape index (κ1) is 52.3. The van der Waals surface area contributed by atoms with Crippen molar-refractivity contribution in [2.75, 3.05) is 47.5 Å². The van der Waals surface area contributed by atoms with Gasteiger partial charge >= 0.3 is 11.9 Å². The van der Waals surface area contributed by atoms with Gasteiger partial charge in [-0.2, -0.15) is 0 Å². The summed E-state index contributed by atoms with van der Waals surface area (Å²) in [6, 6.07) is 0. The van der Waals surface area contributed by atoms with Gasteiger partial charge in [-0.05, 0) is 12.8 Å². The Morgan fingerprint density at radius 2 is 0.833 bits per heavy atom. The van der Waals surface area contributed by atoms with Gasteiger partial charge in [0, 0.05) is 12.8 Å². The van der Waals surface area contributed by atoms with E-state index in [1.165, 1.54) is 148 Å². The van der Waals surface area contributed by atoms with Crippen LogP contribution in [0.4, 0.5) is 0 Å². The number of ether oxygens (including phenoxy) is 4. The van der Waals surface area contributed by atoms with Crippen LogP contribution in [-0.2, 0) is 33.3 Å². The zero-order chi connectivity index (χ0) is 40.0. The molecule has 0 N–H and O–H groups in total. The second kappa shape index (κ2) is 38.2. The van der Waals surface area contributed by atoms with Crippen molar-refractivity contribution in [1.82, 2.24) is 0 Å². The number of carbonyl (C=O) groups is 3. The number of rotatable bonds is 42. The van der Waals surface area contributed by atoms with Crippen molar-refractivity contribution in [2.45, 2.75) is 225 Å². The Hall–Kier alpha value is -1.71. The first-order valence-corrected chi connectivity index (χ1v) is 22.7. The Morgan fingerprint density at radius 3 is 1.19 bits per heavy atom. The van der Waals surface area contributed by atoms with Crippen LogP contribution < -0.4 is 5.11 Å². The van der Waals surface area contributed by atoms with Crippen LogP contribution in [0.5, 0.6) is 0 Å². The Balaban J connectivity index is 4.40. The van der Waals surface area contributed by atoms with Crippen LogP contribution >= 0.6 is 0 Å². The molecule has 2 unspecified atom stereocenters. The molecule has 0 saturated carbocycles. The highest BCUT2D eigenvalue weighted by Crippen LogP contribution is 2.16. The summed E-state index contributed by atoms with van der Waals surface area (Å²) in [5.74, 6) is -2.26. The van der Waals surface area contributed by atoms with Gasteiger partial charge in [0.25, 0.3) is 0 Å². The molecule has 0 aliphatic carbocycles. The molecule has 0 aromatic rings. The summed E-state index contributed by atoms with van der Waals surface area (Å²) in [4.78, 5) is 36.9. The summed E-state index contributed by atoms with van der Waals surface area (Å²) < 4.78 is 22.6. The number of quaternary nitrogens is 1. The molecule has 0 spiro atoms. The van der Waals surface area contributed by atoms with Gasteiger partial charge in [0.2, 0.25) is 0 Å². The third-order valence-electron chi connectivity index (χ3n) is 10.1. The Kier molecular flexibility index (Phi) is 37.0. The third kappa shape index (κ3) is 38.6. The minimum absolute atomic E-state index is 0.153. The van der Waals surface area contributed by atoms with Gasteiger partial charge in [0.1, 0.15) is 13.2 Å². The van der Waals surface area contributed by atoms with E-state index in [0.29, 0.717) is 17.4 Å². The molecule has 0 aromatic carbocycles. The molecule has 0 rings (SSSR count). The summed E-state index contributed by atoms with van der Waals surface area (Å²) in [6.45, 7) is 4.77. The monoisotopic (exact) mass is 770 g/mol. The van der Waals surface area contributed by atoms with Gasteiger partial charge in [-0.25, -0.2) is 0 Å². The van der Waals surface area contributed by atoms with Crippen molar-refractivity contribution in [1.29, 1.82) is 0 Å². The summed E-state index contributed by atoms with van der Waals surface area (Å²) in [6.07, 6.45) is 34.1. The second-order valence-electron chi connectivity index (χ2n) is 16.7. The maximum atomic E-state index is 12.7. The van der Waals surface area contributed by atoms with E-state index in [-0.39, 0.29) is 32.2 Å². The average molecular weight is 770 g/mol. The van der Waals surface area contributed by atoms with Gasteiger partial charge in [0.15, 0.2) is 12.4 Å². The summed E-state index contributed by atoms with van der Waals surface area (Å²) in [5.41, 5.74) is 0. The molecule has 0 aliphatic rings. The van der Waals surface area contributed by atoms with E-state index in [1.807, 2.05) is 21.1 Å². The molecular weight excluding hydrogens is 682 g/mol. The summed E-state index contributed by atoms with van der Waals surface area (Å²) in [7, 11) is 5.92. The number of carboxylic acid groups (broad SMARTS) is 1. The van der Waals surface area contributed by atoms with Crippen LogP contribution in [0.3, 0.4) is 0 Å². The van der Waals surface area contributed by atoms with Crippen LogP contribution in [0.15, 0.2) is 0 Å². The normalized spacial score (nSPS) is 12.8. The number of likely N-dealkylation sites (N-methyl/N-ethyl adjacent to an activating group) is 1. The van der Waals surface area contributed by atoms with E-state index < -0.39 is 24.3 Å². The quantitative estimate of drug-likeness (QED) is 0.0261. The molecule has 0 bridgehead atoms. The standard InChI is InChI=1S/C45H87NO8/c1-6-8-10-12-14-16-18-20-22-24-26-28-30-32-34-36-43(48)54-41(40-53-45(44(49)50)51-38-37-46(3,4)5)39-52-42(47)35-33-31-29-27-25-23-21-19-17-15-13-11-9-7-2/h41,45H,6-40H2,1-5H3. The molecule has 9 nitrogen and oxygen atoms in total. The fourth-order valence-electron chi connectivity index (χ4n) is 6.54. The Labute approximate surface area is 332 Å². The van der Waals surface area contributed by atoms with Crippen molar-refractivity contribution in [3.63, 3.8) is 0 Å². The highest BCUT2D eigenvalue weighted by atomic mass is 16.7. The third-order valence-corrected chi connectivity index (χ3v) is 10.1. The molecule has 0 fully saturated rings.